The molecule has 3 heteroatoms. The summed E-state index contributed by atoms with van der Waals surface area (Å²) in [5.41, 5.74) is 4.35. The maximum atomic E-state index is 10.1. The van der Waals surface area contributed by atoms with Gasteiger partial charge in [-0.05, 0) is 61.1 Å². The first-order chi connectivity index (χ1) is 10.1. The van der Waals surface area contributed by atoms with Gasteiger partial charge in [-0.3, -0.25) is 0 Å². The number of hydrogen-bond acceptors (Lipinski definition) is 2. The molecule has 0 saturated heterocycles. The summed E-state index contributed by atoms with van der Waals surface area (Å²) in [5, 5.41) is 10.8. The van der Waals surface area contributed by atoms with E-state index in [0.717, 1.165) is 46.7 Å². The first-order valence-corrected chi connectivity index (χ1v) is 7.70. The van der Waals surface area contributed by atoms with Crippen molar-refractivity contribution >= 4 is 11.6 Å². The highest BCUT2D eigenvalue weighted by Gasteiger charge is 2.18. The second kappa shape index (κ2) is 6.08. The summed E-state index contributed by atoms with van der Waals surface area (Å²) in [6, 6.07) is 12.0. The van der Waals surface area contributed by atoms with Gasteiger partial charge in [0.1, 0.15) is 12.4 Å². The van der Waals surface area contributed by atoms with Gasteiger partial charge in [-0.15, -0.1) is 0 Å². The van der Waals surface area contributed by atoms with Crippen LogP contribution >= 0.6 is 11.6 Å². The zero-order valence-corrected chi connectivity index (χ0v) is 12.9. The quantitative estimate of drug-likeness (QED) is 0.898. The Kier molecular flexibility index (Phi) is 4.18. The Morgan fingerprint density at radius 2 is 2.10 bits per heavy atom. The first kappa shape index (κ1) is 14.4. The van der Waals surface area contributed by atoms with Crippen LogP contribution in [0.25, 0.3) is 0 Å². The Morgan fingerprint density at radius 1 is 1.24 bits per heavy atom. The summed E-state index contributed by atoms with van der Waals surface area (Å²) in [6.45, 7) is 2.45. The second-order valence-electron chi connectivity index (χ2n) is 5.65. The average Bonchev–Trinajstić information content (AvgIpc) is 2.47. The third-order valence-electron chi connectivity index (χ3n) is 4.00. The molecule has 2 nitrogen and oxygen atoms in total. The first-order valence-electron chi connectivity index (χ1n) is 7.32. The molecule has 0 amide bonds. The van der Waals surface area contributed by atoms with Crippen LogP contribution in [0.2, 0.25) is 5.02 Å². The third-order valence-corrected chi connectivity index (χ3v) is 4.35. The van der Waals surface area contributed by atoms with Crippen molar-refractivity contribution in [3.05, 3.63) is 63.7 Å². The predicted molar refractivity (Wildman–Crippen MR) is 84.9 cm³/mol. The van der Waals surface area contributed by atoms with Crippen molar-refractivity contribution in [2.45, 2.75) is 38.9 Å². The van der Waals surface area contributed by atoms with Gasteiger partial charge in [-0.1, -0.05) is 29.8 Å². The average molecular weight is 303 g/mol. The summed E-state index contributed by atoms with van der Waals surface area (Å²) in [4.78, 5) is 0. The molecule has 0 unspecified atom stereocenters. The molecule has 21 heavy (non-hydrogen) atoms. The molecule has 2 aromatic carbocycles. The Hall–Kier alpha value is -1.51. The predicted octanol–water partition coefficient (Wildman–Crippen LogP) is 4.60. The Bertz CT molecular complexity index is 652. The van der Waals surface area contributed by atoms with Crippen LogP contribution in [-0.4, -0.2) is 5.11 Å². The summed E-state index contributed by atoms with van der Waals surface area (Å²) in [5.74, 6) is 0.784. The summed E-state index contributed by atoms with van der Waals surface area (Å²) in [6.07, 6.45) is 2.56. The van der Waals surface area contributed by atoms with E-state index in [1.165, 1.54) is 5.56 Å². The van der Waals surface area contributed by atoms with Crippen molar-refractivity contribution in [3.8, 4) is 5.75 Å². The lowest BCUT2D eigenvalue weighted by atomic mass is 9.89. The van der Waals surface area contributed by atoms with Crippen LogP contribution in [0.5, 0.6) is 5.75 Å². The minimum absolute atomic E-state index is 0.361. The third kappa shape index (κ3) is 3.22. The fourth-order valence-electron chi connectivity index (χ4n) is 2.77. The molecule has 0 bridgehead atoms. The van der Waals surface area contributed by atoms with Gasteiger partial charge < -0.3 is 9.84 Å². The fraction of sp³-hybridized carbons (Fsp3) is 0.333. The molecule has 0 spiro atoms. The minimum atomic E-state index is -0.361. The SMILES string of the molecule is Cc1ccc(COc2ccc3c(c2)[C@H](O)CCC3)c(Cl)c1. The van der Waals surface area contributed by atoms with Crippen LogP contribution in [0, 0.1) is 6.92 Å². The normalized spacial score (nSPS) is 17.4. The maximum Gasteiger partial charge on any atom is 0.120 e. The van der Waals surface area contributed by atoms with E-state index in [1.54, 1.807) is 0 Å². The van der Waals surface area contributed by atoms with Crippen LogP contribution in [0.15, 0.2) is 36.4 Å². The van der Waals surface area contributed by atoms with Crippen LogP contribution in [-0.2, 0) is 13.0 Å². The number of halogens is 1. The summed E-state index contributed by atoms with van der Waals surface area (Å²) >= 11 is 6.21. The zero-order valence-electron chi connectivity index (χ0n) is 12.1. The van der Waals surface area contributed by atoms with Gasteiger partial charge in [-0.2, -0.15) is 0 Å². The number of aliphatic hydroxyl groups excluding tert-OH is 1. The molecule has 1 aliphatic carbocycles. The minimum Gasteiger partial charge on any atom is -0.489 e. The number of benzene rings is 2. The van der Waals surface area contributed by atoms with Crippen molar-refractivity contribution in [2.75, 3.05) is 0 Å². The molecule has 110 valence electrons. The van der Waals surface area contributed by atoms with Crippen molar-refractivity contribution < 1.29 is 9.84 Å². The highest BCUT2D eigenvalue weighted by molar-refractivity contribution is 6.31. The number of hydrogen-bond donors (Lipinski definition) is 1. The number of ether oxygens (including phenoxy) is 1. The highest BCUT2D eigenvalue weighted by Crippen LogP contribution is 2.32. The van der Waals surface area contributed by atoms with Crippen molar-refractivity contribution in [2.24, 2.45) is 0 Å². The molecule has 0 saturated carbocycles. The Labute approximate surface area is 130 Å². The zero-order chi connectivity index (χ0) is 14.8. The largest absolute Gasteiger partial charge is 0.489 e. The molecule has 0 heterocycles. The fourth-order valence-corrected chi connectivity index (χ4v) is 3.06. The van der Waals surface area contributed by atoms with Gasteiger partial charge in [0.25, 0.3) is 0 Å². The van der Waals surface area contributed by atoms with Crippen molar-refractivity contribution in [3.63, 3.8) is 0 Å². The lowest BCUT2D eigenvalue weighted by Crippen LogP contribution is -2.09. The molecular formula is C18H19ClO2. The van der Waals surface area contributed by atoms with E-state index < -0.39 is 0 Å². The molecule has 0 aromatic heterocycles. The maximum absolute atomic E-state index is 10.1. The van der Waals surface area contributed by atoms with E-state index in [1.807, 2.05) is 37.3 Å². The molecule has 0 aliphatic heterocycles. The second-order valence-corrected chi connectivity index (χ2v) is 6.06. The standard InChI is InChI=1S/C18H19ClO2/c1-12-5-6-14(17(19)9-12)11-21-15-8-7-13-3-2-4-18(20)16(13)10-15/h5-10,18,20H,2-4,11H2,1H3/t18-/m1/s1. The van der Waals surface area contributed by atoms with E-state index in [-0.39, 0.29) is 6.10 Å². The number of rotatable bonds is 3. The van der Waals surface area contributed by atoms with Gasteiger partial charge in [0, 0.05) is 10.6 Å². The highest BCUT2D eigenvalue weighted by atomic mass is 35.5. The van der Waals surface area contributed by atoms with E-state index in [2.05, 4.69) is 6.07 Å². The summed E-state index contributed by atoms with van der Waals surface area (Å²) in [7, 11) is 0. The number of fused-ring (bicyclic) bond motifs is 1. The van der Waals surface area contributed by atoms with Gasteiger partial charge in [0.2, 0.25) is 0 Å². The molecule has 2 aromatic rings. The Morgan fingerprint density at radius 3 is 2.90 bits per heavy atom. The summed E-state index contributed by atoms with van der Waals surface area (Å²) < 4.78 is 5.83. The van der Waals surface area contributed by atoms with Gasteiger partial charge >= 0.3 is 0 Å². The van der Waals surface area contributed by atoms with Crippen LogP contribution in [0.1, 0.15) is 41.2 Å². The monoisotopic (exact) mass is 302 g/mol. The molecule has 1 atom stereocenters. The van der Waals surface area contributed by atoms with Crippen LogP contribution in [0.4, 0.5) is 0 Å². The molecule has 0 fully saturated rings. The lowest BCUT2D eigenvalue weighted by molar-refractivity contribution is 0.156. The van der Waals surface area contributed by atoms with E-state index >= 15 is 0 Å². The van der Waals surface area contributed by atoms with Crippen molar-refractivity contribution in [1.82, 2.24) is 0 Å². The topological polar surface area (TPSA) is 29.5 Å². The molecule has 0 radical (unpaired) electrons. The van der Waals surface area contributed by atoms with Gasteiger partial charge in [0.05, 0.1) is 6.10 Å². The van der Waals surface area contributed by atoms with Gasteiger partial charge in [0.15, 0.2) is 0 Å². The number of aryl methyl sites for hydroxylation is 2. The smallest absolute Gasteiger partial charge is 0.120 e. The number of aliphatic hydroxyl groups is 1. The van der Waals surface area contributed by atoms with Crippen LogP contribution < -0.4 is 4.74 Å². The molecule has 1 N–H and O–H groups in total. The Balaban J connectivity index is 1.75. The van der Waals surface area contributed by atoms with Crippen LogP contribution in [0.3, 0.4) is 0 Å². The molecular weight excluding hydrogens is 284 g/mol. The lowest BCUT2D eigenvalue weighted by Gasteiger charge is -2.22. The van der Waals surface area contributed by atoms with E-state index in [0.29, 0.717) is 6.61 Å². The van der Waals surface area contributed by atoms with Gasteiger partial charge in [-0.25, -0.2) is 0 Å². The van der Waals surface area contributed by atoms with E-state index in [4.69, 9.17) is 16.3 Å². The molecule has 1 aliphatic rings. The van der Waals surface area contributed by atoms with E-state index in [9.17, 15) is 5.11 Å². The molecule has 3 rings (SSSR count). The van der Waals surface area contributed by atoms with Crippen molar-refractivity contribution in [1.29, 1.82) is 0 Å².